The second-order valence-electron chi connectivity index (χ2n) is 7.81. The number of carbonyl (C=O) groups is 1. The highest BCUT2D eigenvalue weighted by Gasteiger charge is 2.45. The number of amides is 1. The van der Waals surface area contributed by atoms with Gasteiger partial charge in [0.25, 0.3) is 0 Å². The molecule has 1 amide bonds. The third kappa shape index (κ3) is 4.41. The van der Waals surface area contributed by atoms with Crippen LogP contribution in [0, 0.1) is 0 Å². The van der Waals surface area contributed by atoms with Gasteiger partial charge in [-0.25, -0.2) is 0 Å². The first-order valence-electron chi connectivity index (χ1n) is 8.29. The molecule has 0 aromatic rings. The Morgan fingerprint density at radius 2 is 1.73 bits per heavy atom. The van der Waals surface area contributed by atoms with Crippen LogP contribution in [0.3, 0.4) is 0 Å². The van der Waals surface area contributed by atoms with Gasteiger partial charge in [0, 0.05) is 43.2 Å². The normalized spacial score (nSPS) is 26.8. The lowest BCUT2D eigenvalue weighted by molar-refractivity contribution is -0.246. The Morgan fingerprint density at radius 3 is 2.27 bits per heavy atom. The van der Waals surface area contributed by atoms with Crippen LogP contribution in [0.4, 0.5) is 0 Å². The molecule has 6 heteroatoms. The van der Waals surface area contributed by atoms with Crippen LogP contribution >= 0.6 is 0 Å². The van der Waals surface area contributed by atoms with Gasteiger partial charge < -0.3 is 15.3 Å². The van der Waals surface area contributed by atoms with E-state index < -0.39 is 0 Å². The molecule has 128 valence electrons. The highest BCUT2D eigenvalue weighted by molar-refractivity contribution is 5.76. The topological polar surface area (TPSA) is 65.0 Å². The summed E-state index contributed by atoms with van der Waals surface area (Å²) in [5.41, 5.74) is -0.659. The van der Waals surface area contributed by atoms with E-state index in [1.54, 1.807) is 0 Å². The molecule has 0 spiro atoms. The number of carbonyl (C=O) groups excluding carboxylic acids is 1. The van der Waals surface area contributed by atoms with Crippen molar-refractivity contribution in [2.24, 2.45) is 0 Å². The minimum absolute atomic E-state index is 0.106. The molecule has 2 aliphatic heterocycles. The number of piperidine rings is 1. The number of nitrogens with zero attached hydrogens (tertiary/aromatic N) is 2. The maximum atomic E-state index is 12.2. The minimum Gasteiger partial charge on any atom is -0.379 e. The number of nitrogens with one attached hydrogen (secondary N) is 1. The van der Waals surface area contributed by atoms with Crippen molar-refractivity contribution < 1.29 is 14.7 Å². The Balaban J connectivity index is 1.81. The number of hydroxylamine groups is 2. The molecule has 0 radical (unpaired) electrons. The predicted molar refractivity (Wildman–Crippen MR) is 84.8 cm³/mol. The van der Waals surface area contributed by atoms with Crippen LogP contribution in [-0.4, -0.2) is 71.0 Å². The van der Waals surface area contributed by atoms with Gasteiger partial charge >= 0.3 is 0 Å². The van der Waals surface area contributed by atoms with E-state index in [1.807, 2.05) is 27.7 Å². The van der Waals surface area contributed by atoms with Crippen LogP contribution in [0.25, 0.3) is 0 Å². The van der Waals surface area contributed by atoms with E-state index in [0.717, 1.165) is 45.7 Å². The third-order valence-electron chi connectivity index (χ3n) is 4.76. The maximum Gasteiger partial charge on any atom is 0.221 e. The lowest BCUT2D eigenvalue weighted by Gasteiger charge is -2.51. The van der Waals surface area contributed by atoms with Crippen LogP contribution in [0.15, 0.2) is 0 Å². The van der Waals surface area contributed by atoms with Crippen LogP contribution in [0.1, 0.15) is 47.0 Å². The van der Waals surface area contributed by atoms with E-state index in [9.17, 15) is 10.0 Å². The Labute approximate surface area is 133 Å². The molecule has 2 aliphatic rings. The van der Waals surface area contributed by atoms with Gasteiger partial charge in [0.1, 0.15) is 0 Å². The molecule has 22 heavy (non-hydrogen) atoms. The zero-order valence-electron chi connectivity index (χ0n) is 14.4. The summed E-state index contributed by atoms with van der Waals surface area (Å²) in [4.78, 5) is 14.5. The summed E-state index contributed by atoms with van der Waals surface area (Å²) in [6.07, 6.45) is 2.05. The third-order valence-corrected chi connectivity index (χ3v) is 4.76. The lowest BCUT2D eigenvalue weighted by Crippen LogP contribution is -2.63. The average Bonchev–Trinajstić information content (AvgIpc) is 2.43. The van der Waals surface area contributed by atoms with Gasteiger partial charge in [-0.15, -0.1) is 0 Å². The molecule has 0 aromatic heterocycles. The van der Waals surface area contributed by atoms with Gasteiger partial charge in [-0.05, 0) is 40.5 Å². The second-order valence-corrected chi connectivity index (χ2v) is 7.81. The fourth-order valence-corrected chi connectivity index (χ4v) is 3.76. The molecular weight excluding hydrogens is 282 g/mol. The summed E-state index contributed by atoms with van der Waals surface area (Å²) < 4.78 is 5.31. The monoisotopic (exact) mass is 313 g/mol. The Hall–Kier alpha value is -0.690. The summed E-state index contributed by atoms with van der Waals surface area (Å²) in [6.45, 7) is 12.2. The molecule has 0 aliphatic carbocycles. The second kappa shape index (κ2) is 6.83. The lowest BCUT2D eigenvalue weighted by atomic mass is 9.79. The van der Waals surface area contributed by atoms with Gasteiger partial charge in [0.2, 0.25) is 5.91 Å². The molecule has 0 saturated carbocycles. The van der Waals surface area contributed by atoms with Gasteiger partial charge in [-0.1, -0.05) is 0 Å². The Morgan fingerprint density at radius 1 is 1.18 bits per heavy atom. The van der Waals surface area contributed by atoms with Crippen LogP contribution in [0.5, 0.6) is 0 Å². The highest BCUT2D eigenvalue weighted by Crippen LogP contribution is 2.36. The van der Waals surface area contributed by atoms with Gasteiger partial charge in [0.05, 0.1) is 13.2 Å². The van der Waals surface area contributed by atoms with Crippen LogP contribution < -0.4 is 5.32 Å². The molecule has 2 saturated heterocycles. The van der Waals surface area contributed by atoms with E-state index in [1.165, 1.54) is 5.06 Å². The van der Waals surface area contributed by atoms with E-state index in [2.05, 4.69) is 10.2 Å². The molecule has 0 bridgehead atoms. The molecule has 2 heterocycles. The SMILES string of the molecule is CC1(C)CC(NC(=O)CCN2CCOCC2)CC(C)(C)N1O. The quantitative estimate of drug-likeness (QED) is 0.817. The number of morpholine rings is 1. The molecular formula is C16H31N3O3. The first-order valence-corrected chi connectivity index (χ1v) is 8.29. The van der Waals surface area contributed by atoms with Crippen molar-refractivity contribution >= 4 is 5.91 Å². The van der Waals surface area contributed by atoms with Crippen molar-refractivity contribution in [1.82, 2.24) is 15.3 Å². The smallest absolute Gasteiger partial charge is 0.221 e. The Bertz CT molecular complexity index is 374. The molecule has 0 aromatic carbocycles. The summed E-state index contributed by atoms with van der Waals surface area (Å²) in [7, 11) is 0. The summed E-state index contributed by atoms with van der Waals surface area (Å²) in [5, 5.41) is 14.9. The van der Waals surface area contributed by atoms with Crippen molar-refractivity contribution in [2.75, 3.05) is 32.8 Å². The van der Waals surface area contributed by atoms with Crippen molar-refractivity contribution in [3.8, 4) is 0 Å². The van der Waals surface area contributed by atoms with Gasteiger partial charge in [0.15, 0.2) is 0 Å². The highest BCUT2D eigenvalue weighted by atomic mass is 16.5. The Kier molecular flexibility index (Phi) is 5.48. The first kappa shape index (κ1) is 17.7. The van der Waals surface area contributed by atoms with E-state index in [4.69, 9.17) is 4.74 Å². The molecule has 0 atom stereocenters. The van der Waals surface area contributed by atoms with E-state index >= 15 is 0 Å². The first-order chi connectivity index (χ1) is 10.2. The van der Waals surface area contributed by atoms with Gasteiger partial charge in [-0.3, -0.25) is 9.69 Å². The number of ether oxygens (including phenoxy) is 1. The zero-order valence-corrected chi connectivity index (χ0v) is 14.4. The standard InChI is InChI=1S/C16H31N3O3/c1-15(2)11-13(12-16(3,4)19(15)21)17-14(20)5-6-18-7-9-22-10-8-18/h13,21H,5-12H2,1-4H3,(H,17,20). The number of hydrogen-bond donors (Lipinski definition) is 2. The average molecular weight is 313 g/mol. The fourth-order valence-electron chi connectivity index (χ4n) is 3.76. The largest absolute Gasteiger partial charge is 0.379 e. The molecule has 2 fully saturated rings. The summed E-state index contributed by atoms with van der Waals surface area (Å²) in [5.74, 6) is 0.106. The van der Waals surface area contributed by atoms with Crippen LogP contribution in [-0.2, 0) is 9.53 Å². The minimum atomic E-state index is -0.329. The van der Waals surface area contributed by atoms with Gasteiger partial charge in [-0.2, -0.15) is 5.06 Å². The molecule has 2 rings (SSSR count). The molecule has 0 unspecified atom stereocenters. The van der Waals surface area contributed by atoms with E-state index in [0.29, 0.717) is 6.42 Å². The van der Waals surface area contributed by atoms with Crippen molar-refractivity contribution in [2.45, 2.75) is 64.1 Å². The van der Waals surface area contributed by atoms with E-state index in [-0.39, 0.29) is 23.0 Å². The van der Waals surface area contributed by atoms with Crippen molar-refractivity contribution in [3.63, 3.8) is 0 Å². The molecule has 2 N–H and O–H groups in total. The maximum absolute atomic E-state index is 12.2. The van der Waals surface area contributed by atoms with Crippen molar-refractivity contribution in [1.29, 1.82) is 0 Å². The zero-order chi connectivity index (χ0) is 16.4. The number of rotatable bonds is 4. The summed E-state index contributed by atoms with van der Waals surface area (Å²) in [6, 6.07) is 0.116. The van der Waals surface area contributed by atoms with Crippen molar-refractivity contribution in [3.05, 3.63) is 0 Å². The number of hydrogen-bond acceptors (Lipinski definition) is 5. The van der Waals surface area contributed by atoms with Crippen LogP contribution in [0.2, 0.25) is 0 Å². The summed E-state index contributed by atoms with van der Waals surface area (Å²) >= 11 is 0. The molecule has 6 nitrogen and oxygen atoms in total. The fraction of sp³-hybridized carbons (Fsp3) is 0.938. The predicted octanol–water partition coefficient (Wildman–Crippen LogP) is 1.24.